The Hall–Kier alpha value is -1.11. The minimum Gasteiger partial charge on any atom is -0.347 e. The van der Waals surface area contributed by atoms with Gasteiger partial charge in [0.1, 0.15) is 5.69 Å². The van der Waals surface area contributed by atoms with Crippen LogP contribution in [0.1, 0.15) is 23.3 Å². The van der Waals surface area contributed by atoms with Crippen molar-refractivity contribution in [3.8, 4) is 0 Å². The normalized spacial score (nSPS) is 28.0. The highest BCUT2D eigenvalue weighted by Crippen LogP contribution is 2.29. The third-order valence-electron chi connectivity index (χ3n) is 4.48. The van der Waals surface area contributed by atoms with E-state index in [1.54, 1.807) is 17.5 Å². The summed E-state index contributed by atoms with van der Waals surface area (Å²) < 4.78 is 1.07. The molecule has 0 aromatic carbocycles. The summed E-state index contributed by atoms with van der Waals surface area (Å²) in [5, 5.41) is 6.13. The summed E-state index contributed by atoms with van der Waals surface area (Å²) in [7, 11) is 0. The third kappa shape index (κ3) is 2.56. The Balaban J connectivity index is 1.52. The Morgan fingerprint density at radius 3 is 3.24 bits per heavy atom. The van der Waals surface area contributed by atoms with Gasteiger partial charge in [0.2, 0.25) is 0 Å². The lowest BCUT2D eigenvalue weighted by atomic mass is 9.97. The van der Waals surface area contributed by atoms with Crippen LogP contribution in [0.25, 0.3) is 10.1 Å². The van der Waals surface area contributed by atoms with Gasteiger partial charge in [-0.25, -0.2) is 4.98 Å². The molecule has 2 aliphatic rings. The topological polar surface area (TPSA) is 45.2 Å². The van der Waals surface area contributed by atoms with Crippen molar-refractivity contribution in [2.24, 2.45) is 5.92 Å². The minimum atomic E-state index is -0.0664. The summed E-state index contributed by atoms with van der Waals surface area (Å²) in [4.78, 5) is 20.1. The van der Waals surface area contributed by atoms with E-state index in [0.717, 1.165) is 33.9 Å². The van der Waals surface area contributed by atoms with Crippen molar-refractivity contribution in [3.05, 3.63) is 23.3 Å². The van der Waals surface area contributed by atoms with Crippen LogP contribution in [-0.4, -0.2) is 41.5 Å². The van der Waals surface area contributed by atoms with Crippen LogP contribution in [0.5, 0.6) is 0 Å². The highest BCUT2D eigenvalue weighted by atomic mass is 32.1. The molecule has 110 valence electrons. The zero-order valence-electron chi connectivity index (χ0n) is 11.6. The number of thiophene rings is 1. The fourth-order valence-electron chi connectivity index (χ4n) is 3.47. The van der Waals surface area contributed by atoms with E-state index in [1.165, 1.54) is 19.5 Å². The quantitative estimate of drug-likeness (QED) is 0.836. The van der Waals surface area contributed by atoms with E-state index >= 15 is 0 Å². The Bertz CT molecular complexity index is 687. The molecule has 0 radical (unpaired) electrons. The summed E-state index contributed by atoms with van der Waals surface area (Å²) in [5.74, 6) is 0.684. The molecule has 2 bridgehead atoms. The molecule has 1 N–H and O–H groups in total. The predicted octanol–water partition coefficient (Wildman–Crippen LogP) is 2.41. The summed E-state index contributed by atoms with van der Waals surface area (Å²) in [6.45, 7) is 3.36. The first-order chi connectivity index (χ1) is 10.2. The SMILES string of the molecule is O=C(NC1CC2CCN(C2)C1)c1cc2c(S)csc2cn1. The maximum atomic E-state index is 12.4. The number of nitrogens with one attached hydrogen (secondary N) is 1. The first kappa shape index (κ1) is 13.5. The van der Waals surface area contributed by atoms with Crippen LogP contribution in [0, 0.1) is 5.92 Å². The standard InChI is InChI=1S/C15H17N3OS2/c19-15(17-10-3-9-1-2-18(6-9)7-10)12-4-11-13(20)8-21-14(11)5-16-12/h4-5,8-10,20H,1-3,6-7H2,(H,17,19). The predicted molar refractivity (Wildman–Crippen MR) is 87.3 cm³/mol. The van der Waals surface area contributed by atoms with Crippen LogP contribution in [0.3, 0.4) is 0 Å². The van der Waals surface area contributed by atoms with Gasteiger partial charge in [0.05, 0.1) is 4.70 Å². The van der Waals surface area contributed by atoms with Crippen molar-refractivity contribution in [2.45, 2.75) is 23.8 Å². The van der Waals surface area contributed by atoms with Gasteiger partial charge < -0.3 is 10.2 Å². The second kappa shape index (κ2) is 5.26. The van der Waals surface area contributed by atoms with E-state index in [4.69, 9.17) is 0 Å². The monoisotopic (exact) mass is 319 g/mol. The molecule has 2 aliphatic heterocycles. The molecule has 0 spiro atoms. The van der Waals surface area contributed by atoms with E-state index in [-0.39, 0.29) is 11.9 Å². The average molecular weight is 319 g/mol. The van der Waals surface area contributed by atoms with Gasteiger partial charge in [0.25, 0.3) is 5.91 Å². The number of piperidine rings is 1. The number of rotatable bonds is 2. The van der Waals surface area contributed by atoms with Crippen LogP contribution in [0.15, 0.2) is 22.5 Å². The van der Waals surface area contributed by atoms with Crippen LogP contribution in [-0.2, 0) is 0 Å². The van der Waals surface area contributed by atoms with Crippen molar-refractivity contribution in [1.82, 2.24) is 15.2 Å². The number of amides is 1. The molecule has 21 heavy (non-hydrogen) atoms. The molecule has 1 amide bonds. The Labute approximate surface area is 133 Å². The smallest absolute Gasteiger partial charge is 0.270 e. The lowest BCUT2D eigenvalue weighted by Gasteiger charge is -2.30. The Morgan fingerprint density at radius 2 is 2.38 bits per heavy atom. The van der Waals surface area contributed by atoms with Gasteiger partial charge >= 0.3 is 0 Å². The zero-order chi connectivity index (χ0) is 14.4. The number of aromatic nitrogens is 1. The molecular weight excluding hydrogens is 302 g/mol. The number of hydrogen-bond donors (Lipinski definition) is 2. The maximum Gasteiger partial charge on any atom is 0.270 e. The molecule has 3 unspecified atom stereocenters. The average Bonchev–Trinajstić information content (AvgIpc) is 3.02. The highest BCUT2D eigenvalue weighted by molar-refractivity contribution is 7.80. The largest absolute Gasteiger partial charge is 0.347 e. The van der Waals surface area contributed by atoms with E-state index in [9.17, 15) is 4.79 Å². The molecule has 6 heteroatoms. The number of carbonyl (C=O) groups excluding carboxylic acids is 1. The van der Waals surface area contributed by atoms with E-state index in [1.807, 2.05) is 11.4 Å². The van der Waals surface area contributed by atoms with Crippen molar-refractivity contribution in [2.75, 3.05) is 19.6 Å². The molecule has 2 aromatic heterocycles. The number of fused-ring (bicyclic) bond motifs is 3. The van der Waals surface area contributed by atoms with E-state index in [2.05, 4.69) is 27.8 Å². The summed E-state index contributed by atoms with van der Waals surface area (Å²) in [5.41, 5.74) is 0.490. The van der Waals surface area contributed by atoms with Gasteiger partial charge in [-0.2, -0.15) is 0 Å². The molecule has 4 rings (SSSR count). The number of nitrogens with zero attached hydrogens (tertiary/aromatic N) is 2. The highest BCUT2D eigenvalue weighted by Gasteiger charge is 2.33. The van der Waals surface area contributed by atoms with E-state index in [0.29, 0.717) is 5.69 Å². The Morgan fingerprint density at radius 1 is 1.48 bits per heavy atom. The van der Waals surface area contributed by atoms with Crippen LogP contribution < -0.4 is 5.32 Å². The number of pyridine rings is 1. The first-order valence-corrected chi connectivity index (χ1v) is 8.61. The minimum absolute atomic E-state index is 0.0664. The van der Waals surface area contributed by atoms with Crippen molar-refractivity contribution >= 4 is 40.0 Å². The Kier molecular flexibility index (Phi) is 3.40. The third-order valence-corrected chi connectivity index (χ3v) is 5.95. The van der Waals surface area contributed by atoms with Gasteiger partial charge in [-0.15, -0.1) is 24.0 Å². The van der Waals surface area contributed by atoms with Gasteiger partial charge in [-0.3, -0.25) is 4.79 Å². The van der Waals surface area contributed by atoms with Gasteiger partial charge in [-0.1, -0.05) is 0 Å². The first-order valence-electron chi connectivity index (χ1n) is 7.28. The maximum absolute atomic E-state index is 12.4. The summed E-state index contributed by atoms with van der Waals surface area (Å²) >= 11 is 6.03. The van der Waals surface area contributed by atoms with E-state index < -0.39 is 0 Å². The molecule has 0 saturated carbocycles. The molecule has 0 aliphatic carbocycles. The number of carbonyl (C=O) groups is 1. The zero-order valence-corrected chi connectivity index (χ0v) is 13.3. The lowest BCUT2D eigenvalue weighted by molar-refractivity contribution is 0.0904. The van der Waals surface area contributed by atoms with Gasteiger partial charge in [0, 0.05) is 41.0 Å². The lowest BCUT2D eigenvalue weighted by Crippen LogP contribution is -2.47. The fraction of sp³-hybridized carbons (Fsp3) is 0.467. The second-order valence-electron chi connectivity index (χ2n) is 6.01. The van der Waals surface area contributed by atoms with Crippen molar-refractivity contribution < 1.29 is 4.79 Å². The second-order valence-corrected chi connectivity index (χ2v) is 7.40. The molecule has 2 aromatic rings. The summed E-state index contributed by atoms with van der Waals surface area (Å²) in [6, 6.07) is 2.11. The molecule has 4 heterocycles. The van der Waals surface area contributed by atoms with Gasteiger partial charge in [0.15, 0.2) is 0 Å². The number of hydrogen-bond acceptors (Lipinski definition) is 5. The van der Waals surface area contributed by atoms with Crippen molar-refractivity contribution in [3.63, 3.8) is 0 Å². The summed E-state index contributed by atoms with van der Waals surface area (Å²) in [6.07, 6.45) is 4.14. The molecule has 2 saturated heterocycles. The molecule has 3 atom stereocenters. The van der Waals surface area contributed by atoms with Crippen LogP contribution in [0.4, 0.5) is 0 Å². The van der Waals surface area contributed by atoms with Crippen molar-refractivity contribution in [1.29, 1.82) is 0 Å². The molecule has 4 nitrogen and oxygen atoms in total. The van der Waals surface area contributed by atoms with Crippen LogP contribution in [0.2, 0.25) is 0 Å². The fourth-order valence-corrected chi connectivity index (χ4v) is 4.66. The molecule has 2 fully saturated rings. The van der Waals surface area contributed by atoms with Gasteiger partial charge in [-0.05, 0) is 31.4 Å². The number of thiol groups is 1. The van der Waals surface area contributed by atoms with Crippen LogP contribution >= 0.6 is 24.0 Å². The molecular formula is C15H17N3OS2.